The van der Waals surface area contributed by atoms with E-state index in [1.165, 1.54) is 19.4 Å². The van der Waals surface area contributed by atoms with E-state index >= 15 is 0 Å². The van der Waals surface area contributed by atoms with Gasteiger partial charge in [-0.1, -0.05) is 0 Å². The fourth-order valence-corrected chi connectivity index (χ4v) is 3.03. The summed E-state index contributed by atoms with van der Waals surface area (Å²) in [4.78, 5) is 24.7. The third kappa shape index (κ3) is 3.20. The first-order chi connectivity index (χ1) is 8.56. The lowest BCUT2D eigenvalue weighted by molar-refractivity contribution is -0.121. The van der Waals surface area contributed by atoms with Gasteiger partial charge >= 0.3 is 6.03 Å². The third-order valence-corrected chi connectivity index (χ3v) is 3.95. The van der Waals surface area contributed by atoms with Crippen LogP contribution in [0, 0.1) is 0 Å². The van der Waals surface area contributed by atoms with Crippen LogP contribution in [-0.2, 0) is 4.79 Å². The molecule has 0 saturated carbocycles. The lowest BCUT2D eigenvalue weighted by Gasteiger charge is -2.36. The van der Waals surface area contributed by atoms with Crippen molar-refractivity contribution >= 4 is 11.9 Å². The molecule has 6 heteroatoms. The first-order valence-electron chi connectivity index (χ1n) is 6.66. The predicted octanol–water partition coefficient (Wildman–Crippen LogP) is -0.214. The molecule has 0 aromatic rings. The Kier molecular flexibility index (Phi) is 4.19. The number of nitrogens with two attached hydrogens (primary N) is 1. The Balaban J connectivity index is 1.79. The highest BCUT2D eigenvalue weighted by atomic mass is 16.2. The SMILES string of the molecule is CC(NC1CCN2CCCC2C1)C(=O)NC(N)=O. The van der Waals surface area contributed by atoms with E-state index < -0.39 is 6.03 Å². The van der Waals surface area contributed by atoms with E-state index in [-0.39, 0.29) is 11.9 Å². The van der Waals surface area contributed by atoms with Crippen molar-refractivity contribution in [3.8, 4) is 0 Å². The van der Waals surface area contributed by atoms with Crippen molar-refractivity contribution < 1.29 is 9.59 Å². The van der Waals surface area contributed by atoms with Crippen LogP contribution in [0.15, 0.2) is 0 Å². The zero-order valence-electron chi connectivity index (χ0n) is 10.8. The normalized spacial score (nSPS) is 29.6. The molecule has 2 rings (SSSR count). The highest BCUT2D eigenvalue weighted by molar-refractivity contribution is 5.96. The summed E-state index contributed by atoms with van der Waals surface area (Å²) in [7, 11) is 0. The number of nitrogens with one attached hydrogen (secondary N) is 2. The van der Waals surface area contributed by atoms with Crippen LogP contribution in [0.1, 0.15) is 32.6 Å². The molecule has 0 bridgehead atoms. The van der Waals surface area contributed by atoms with Crippen LogP contribution >= 0.6 is 0 Å². The lowest BCUT2D eigenvalue weighted by Crippen LogP contribution is -2.53. The number of hydrogen-bond acceptors (Lipinski definition) is 4. The highest BCUT2D eigenvalue weighted by Crippen LogP contribution is 2.26. The molecule has 0 aromatic carbocycles. The Morgan fingerprint density at radius 2 is 2.11 bits per heavy atom. The summed E-state index contributed by atoms with van der Waals surface area (Å²) in [6, 6.07) is -0.143. The first-order valence-corrected chi connectivity index (χ1v) is 6.66. The van der Waals surface area contributed by atoms with Gasteiger partial charge in [0.05, 0.1) is 6.04 Å². The number of imide groups is 1. The molecule has 2 aliphatic heterocycles. The highest BCUT2D eigenvalue weighted by Gasteiger charge is 2.32. The van der Waals surface area contributed by atoms with E-state index in [2.05, 4.69) is 15.5 Å². The summed E-state index contributed by atoms with van der Waals surface area (Å²) in [6.45, 7) is 4.08. The molecule has 2 fully saturated rings. The summed E-state index contributed by atoms with van der Waals surface area (Å²) in [5.74, 6) is -0.351. The van der Waals surface area contributed by atoms with Gasteiger partial charge in [0.2, 0.25) is 5.91 Å². The topological polar surface area (TPSA) is 87.5 Å². The van der Waals surface area contributed by atoms with E-state index in [0.717, 1.165) is 19.4 Å². The van der Waals surface area contributed by atoms with Crippen LogP contribution in [0.25, 0.3) is 0 Å². The Bertz CT molecular complexity index is 334. The molecule has 0 aliphatic carbocycles. The van der Waals surface area contributed by atoms with Gasteiger partial charge in [-0.15, -0.1) is 0 Å². The smallest absolute Gasteiger partial charge is 0.318 e. The Morgan fingerprint density at radius 1 is 1.33 bits per heavy atom. The van der Waals surface area contributed by atoms with Gasteiger partial charge in [0, 0.05) is 12.1 Å². The Morgan fingerprint density at radius 3 is 2.83 bits per heavy atom. The largest absolute Gasteiger partial charge is 0.351 e. The quantitative estimate of drug-likeness (QED) is 0.650. The summed E-state index contributed by atoms with van der Waals surface area (Å²) >= 11 is 0. The number of primary amides is 1. The number of carbonyl (C=O) groups is 2. The van der Waals surface area contributed by atoms with E-state index in [1.54, 1.807) is 6.92 Å². The van der Waals surface area contributed by atoms with Gasteiger partial charge < -0.3 is 16.0 Å². The van der Waals surface area contributed by atoms with Gasteiger partial charge in [-0.25, -0.2) is 4.79 Å². The van der Waals surface area contributed by atoms with Crippen molar-refractivity contribution in [2.45, 2.75) is 50.7 Å². The van der Waals surface area contributed by atoms with Crippen molar-refractivity contribution in [1.82, 2.24) is 15.5 Å². The molecule has 0 radical (unpaired) electrons. The van der Waals surface area contributed by atoms with Gasteiger partial charge in [0.25, 0.3) is 0 Å². The van der Waals surface area contributed by atoms with Crippen LogP contribution in [0.3, 0.4) is 0 Å². The van der Waals surface area contributed by atoms with Crippen molar-refractivity contribution in [2.75, 3.05) is 13.1 Å². The molecule has 6 nitrogen and oxygen atoms in total. The van der Waals surface area contributed by atoms with Gasteiger partial charge in [-0.2, -0.15) is 0 Å². The number of nitrogens with zero attached hydrogens (tertiary/aromatic N) is 1. The average Bonchev–Trinajstić information content (AvgIpc) is 2.75. The van der Waals surface area contributed by atoms with Crippen molar-refractivity contribution in [2.24, 2.45) is 5.73 Å². The second-order valence-electron chi connectivity index (χ2n) is 5.30. The molecular weight excluding hydrogens is 232 g/mol. The average molecular weight is 254 g/mol. The minimum absolute atomic E-state index is 0.351. The van der Waals surface area contributed by atoms with Crippen LogP contribution in [-0.4, -0.2) is 48.1 Å². The second-order valence-corrected chi connectivity index (χ2v) is 5.30. The fraction of sp³-hybridized carbons (Fsp3) is 0.833. The van der Waals surface area contributed by atoms with Crippen LogP contribution < -0.4 is 16.4 Å². The van der Waals surface area contributed by atoms with Gasteiger partial charge in [-0.3, -0.25) is 10.1 Å². The standard InChI is InChI=1S/C12H22N4O2/c1-8(11(17)15-12(13)18)14-9-4-6-16-5-2-3-10(16)7-9/h8-10,14H,2-7H2,1H3,(H3,13,15,17,18). The van der Waals surface area contributed by atoms with E-state index in [4.69, 9.17) is 5.73 Å². The minimum Gasteiger partial charge on any atom is -0.351 e. The molecule has 2 heterocycles. The number of fused-ring (bicyclic) bond motifs is 1. The molecule has 102 valence electrons. The third-order valence-electron chi connectivity index (χ3n) is 3.95. The van der Waals surface area contributed by atoms with Gasteiger partial charge in [0.15, 0.2) is 0 Å². The summed E-state index contributed by atoms with van der Waals surface area (Å²) in [5.41, 5.74) is 4.93. The lowest BCUT2D eigenvalue weighted by atomic mass is 9.97. The van der Waals surface area contributed by atoms with Crippen molar-refractivity contribution in [3.05, 3.63) is 0 Å². The monoisotopic (exact) mass is 254 g/mol. The van der Waals surface area contributed by atoms with Crippen LogP contribution in [0.4, 0.5) is 4.79 Å². The molecule has 0 aromatic heterocycles. The molecule has 18 heavy (non-hydrogen) atoms. The number of urea groups is 1. The molecule has 0 spiro atoms. The summed E-state index contributed by atoms with van der Waals surface area (Å²) in [5, 5.41) is 5.40. The molecule has 2 aliphatic rings. The maximum Gasteiger partial charge on any atom is 0.318 e. The predicted molar refractivity (Wildman–Crippen MR) is 67.9 cm³/mol. The molecule has 4 N–H and O–H groups in total. The molecular formula is C12H22N4O2. The minimum atomic E-state index is -0.792. The maximum atomic E-state index is 11.6. The second kappa shape index (κ2) is 5.67. The fourth-order valence-electron chi connectivity index (χ4n) is 3.03. The van der Waals surface area contributed by atoms with E-state index in [0.29, 0.717) is 12.1 Å². The maximum absolute atomic E-state index is 11.6. The van der Waals surface area contributed by atoms with Crippen molar-refractivity contribution in [3.63, 3.8) is 0 Å². The van der Waals surface area contributed by atoms with Gasteiger partial charge in [0.1, 0.15) is 0 Å². The number of carbonyl (C=O) groups excluding carboxylic acids is 2. The number of rotatable bonds is 3. The molecule has 2 saturated heterocycles. The zero-order chi connectivity index (χ0) is 13.1. The van der Waals surface area contributed by atoms with E-state index in [1.807, 2.05) is 0 Å². The van der Waals surface area contributed by atoms with Gasteiger partial charge in [-0.05, 0) is 45.7 Å². The first kappa shape index (κ1) is 13.3. The number of piperidine rings is 1. The summed E-state index contributed by atoms with van der Waals surface area (Å²) in [6.07, 6.45) is 4.70. The molecule has 3 atom stereocenters. The molecule has 3 unspecified atom stereocenters. The summed E-state index contributed by atoms with van der Waals surface area (Å²) < 4.78 is 0. The van der Waals surface area contributed by atoms with Crippen LogP contribution in [0.2, 0.25) is 0 Å². The van der Waals surface area contributed by atoms with Crippen LogP contribution in [0.5, 0.6) is 0 Å². The Hall–Kier alpha value is -1.14. The number of hydrogen-bond donors (Lipinski definition) is 3. The van der Waals surface area contributed by atoms with E-state index in [9.17, 15) is 9.59 Å². The zero-order valence-corrected chi connectivity index (χ0v) is 10.8. The molecule has 3 amide bonds. The van der Waals surface area contributed by atoms with Crippen molar-refractivity contribution in [1.29, 1.82) is 0 Å². The number of amides is 3. The Labute approximate surface area is 107 Å².